The van der Waals surface area contributed by atoms with E-state index in [9.17, 15) is 9.65 Å². The van der Waals surface area contributed by atoms with Gasteiger partial charge in [-0.15, -0.1) is 0 Å². The standard InChI is InChI=1S/C18H15FN2/c1-18(13-21,15-8-5-9-16(19)12-15)17(10-11-20)14-6-3-2-4-7-14/h2-9,12,17H,10H2,1H3. The van der Waals surface area contributed by atoms with Crippen molar-refractivity contribution < 1.29 is 4.39 Å². The lowest BCUT2D eigenvalue weighted by Crippen LogP contribution is -2.29. The predicted molar refractivity (Wildman–Crippen MR) is 78.8 cm³/mol. The summed E-state index contributed by atoms with van der Waals surface area (Å²) in [5.74, 6) is -0.687. The highest BCUT2D eigenvalue weighted by atomic mass is 19.1. The molecule has 3 heteroatoms. The van der Waals surface area contributed by atoms with Crippen molar-refractivity contribution in [2.24, 2.45) is 0 Å². The van der Waals surface area contributed by atoms with E-state index in [0.717, 1.165) is 5.56 Å². The van der Waals surface area contributed by atoms with Crippen molar-refractivity contribution in [3.8, 4) is 12.1 Å². The summed E-state index contributed by atoms with van der Waals surface area (Å²) in [6.45, 7) is 1.76. The summed E-state index contributed by atoms with van der Waals surface area (Å²) in [6, 6.07) is 19.9. The molecule has 0 aromatic heterocycles. The Morgan fingerprint density at radius 3 is 2.38 bits per heavy atom. The molecule has 2 rings (SSSR count). The Labute approximate surface area is 124 Å². The molecule has 0 aliphatic rings. The Balaban J connectivity index is 2.55. The second-order valence-corrected chi connectivity index (χ2v) is 5.15. The van der Waals surface area contributed by atoms with Gasteiger partial charge < -0.3 is 0 Å². The molecule has 0 fully saturated rings. The predicted octanol–water partition coefficient (Wildman–Crippen LogP) is 4.30. The van der Waals surface area contributed by atoms with E-state index >= 15 is 0 Å². The Bertz CT molecular complexity index is 697. The van der Waals surface area contributed by atoms with Crippen LogP contribution in [0.5, 0.6) is 0 Å². The Hall–Kier alpha value is -2.65. The molecule has 0 saturated heterocycles. The molecule has 0 N–H and O–H groups in total. The molecule has 2 unspecified atom stereocenters. The van der Waals surface area contributed by atoms with Gasteiger partial charge in [-0.3, -0.25) is 0 Å². The third-order valence-corrected chi connectivity index (χ3v) is 3.85. The molecule has 0 aliphatic carbocycles. The zero-order chi connectivity index (χ0) is 15.3. The van der Waals surface area contributed by atoms with Crippen molar-refractivity contribution >= 4 is 0 Å². The van der Waals surface area contributed by atoms with Gasteiger partial charge in [-0.2, -0.15) is 10.5 Å². The first-order valence-corrected chi connectivity index (χ1v) is 6.71. The van der Waals surface area contributed by atoms with Crippen LogP contribution in [-0.4, -0.2) is 0 Å². The molecule has 0 bridgehead atoms. The molecule has 104 valence electrons. The number of nitrogens with zero attached hydrogens (tertiary/aromatic N) is 2. The first kappa shape index (κ1) is 14.8. The van der Waals surface area contributed by atoms with Crippen LogP contribution in [0.1, 0.15) is 30.4 Å². The van der Waals surface area contributed by atoms with Crippen molar-refractivity contribution in [1.29, 1.82) is 10.5 Å². The van der Waals surface area contributed by atoms with E-state index in [1.165, 1.54) is 12.1 Å². The smallest absolute Gasteiger partial charge is 0.123 e. The van der Waals surface area contributed by atoms with Crippen molar-refractivity contribution in [2.75, 3.05) is 0 Å². The van der Waals surface area contributed by atoms with Gasteiger partial charge in [0.05, 0.1) is 17.6 Å². The van der Waals surface area contributed by atoms with Crippen molar-refractivity contribution in [3.05, 3.63) is 71.5 Å². The van der Waals surface area contributed by atoms with Gasteiger partial charge in [0, 0.05) is 12.3 Å². The van der Waals surface area contributed by atoms with E-state index in [0.29, 0.717) is 5.56 Å². The van der Waals surface area contributed by atoms with Crippen molar-refractivity contribution in [2.45, 2.75) is 24.7 Å². The maximum absolute atomic E-state index is 13.5. The summed E-state index contributed by atoms with van der Waals surface area (Å²) < 4.78 is 13.5. The molecule has 2 nitrogen and oxygen atoms in total. The molecule has 2 aromatic carbocycles. The van der Waals surface area contributed by atoms with Crippen LogP contribution in [0.2, 0.25) is 0 Å². The Morgan fingerprint density at radius 1 is 1.10 bits per heavy atom. The normalized spacial score (nSPS) is 14.5. The molecule has 2 aromatic rings. The summed E-state index contributed by atoms with van der Waals surface area (Å²) >= 11 is 0. The largest absolute Gasteiger partial charge is 0.207 e. The van der Waals surface area contributed by atoms with Gasteiger partial charge in [0.25, 0.3) is 0 Å². The van der Waals surface area contributed by atoms with E-state index in [-0.39, 0.29) is 18.2 Å². The third-order valence-electron chi connectivity index (χ3n) is 3.85. The maximum atomic E-state index is 13.5. The Morgan fingerprint density at radius 2 is 1.81 bits per heavy atom. The molecule has 21 heavy (non-hydrogen) atoms. The number of benzene rings is 2. The summed E-state index contributed by atoms with van der Waals surface area (Å²) in [7, 11) is 0. The maximum Gasteiger partial charge on any atom is 0.123 e. The fourth-order valence-corrected chi connectivity index (χ4v) is 2.59. The van der Waals surface area contributed by atoms with Gasteiger partial charge >= 0.3 is 0 Å². The van der Waals surface area contributed by atoms with E-state index in [2.05, 4.69) is 12.1 Å². The fraction of sp³-hybridized carbons (Fsp3) is 0.222. The average molecular weight is 278 g/mol. The highest BCUT2D eigenvalue weighted by molar-refractivity contribution is 5.39. The summed E-state index contributed by atoms with van der Waals surface area (Å²) in [6.07, 6.45) is 0.199. The minimum absolute atomic E-state index is 0.199. The fourth-order valence-electron chi connectivity index (χ4n) is 2.59. The lowest BCUT2D eigenvalue weighted by Gasteiger charge is -2.31. The van der Waals surface area contributed by atoms with Crippen LogP contribution in [0.15, 0.2) is 54.6 Å². The molecule has 0 saturated carbocycles. The van der Waals surface area contributed by atoms with Crippen LogP contribution in [0.3, 0.4) is 0 Å². The number of nitriles is 2. The molecular formula is C18H15FN2. The number of hydrogen-bond acceptors (Lipinski definition) is 2. The quantitative estimate of drug-likeness (QED) is 0.836. The first-order chi connectivity index (χ1) is 10.1. The van der Waals surface area contributed by atoms with Gasteiger partial charge in [0.2, 0.25) is 0 Å². The van der Waals surface area contributed by atoms with Gasteiger partial charge in [-0.1, -0.05) is 42.5 Å². The monoisotopic (exact) mass is 278 g/mol. The molecule has 2 atom stereocenters. The second kappa shape index (κ2) is 6.20. The van der Waals surface area contributed by atoms with Crippen molar-refractivity contribution in [3.63, 3.8) is 0 Å². The van der Waals surface area contributed by atoms with Crippen LogP contribution in [0.25, 0.3) is 0 Å². The highest BCUT2D eigenvalue weighted by Crippen LogP contribution is 2.40. The Kier molecular flexibility index (Phi) is 4.36. The zero-order valence-corrected chi connectivity index (χ0v) is 11.8. The topological polar surface area (TPSA) is 47.6 Å². The zero-order valence-electron chi connectivity index (χ0n) is 11.8. The minimum Gasteiger partial charge on any atom is -0.207 e. The molecular weight excluding hydrogens is 263 g/mol. The van der Waals surface area contributed by atoms with Crippen LogP contribution in [-0.2, 0) is 5.41 Å². The van der Waals surface area contributed by atoms with E-state index < -0.39 is 5.41 Å². The highest BCUT2D eigenvalue weighted by Gasteiger charge is 2.37. The summed E-state index contributed by atoms with van der Waals surface area (Å²) in [5.41, 5.74) is 0.542. The summed E-state index contributed by atoms with van der Waals surface area (Å²) in [5, 5.41) is 18.8. The van der Waals surface area contributed by atoms with Crippen molar-refractivity contribution in [1.82, 2.24) is 0 Å². The van der Waals surface area contributed by atoms with Gasteiger partial charge in [-0.25, -0.2) is 4.39 Å². The van der Waals surface area contributed by atoms with Gasteiger partial charge in [-0.05, 0) is 30.2 Å². The molecule has 0 heterocycles. The molecule has 0 amide bonds. The SMILES string of the molecule is CC(C#N)(c1cccc(F)c1)C(CC#N)c1ccccc1. The van der Waals surface area contributed by atoms with Gasteiger partial charge in [0.1, 0.15) is 5.82 Å². The van der Waals surface area contributed by atoms with E-state index in [1.54, 1.807) is 19.1 Å². The van der Waals surface area contributed by atoms with Gasteiger partial charge in [0.15, 0.2) is 0 Å². The minimum atomic E-state index is -0.959. The number of rotatable bonds is 4. The molecule has 0 radical (unpaired) electrons. The van der Waals surface area contributed by atoms with Crippen LogP contribution < -0.4 is 0 Å². The molecule has 0 aliphatic heterocycles. The first-order valence-electron chi connectivity index (χ1n) is 6.71. The second-order valence-electron chi connectivity index (χ2n) is 5.15. The van der Waals surface area contributed by atoms with E-state index in [4.69, 9.17) is 5.26 Å². The lowest BCUT2D eigenvalue weighted by atomic mass is 9.69. The molecule has 0 spiro atoms. The number of halogens is 1. The van der Waals surface area contributed by atoms with E-state index in [1.807, 2.05) is 30.3 Å². The average Bonchev–Trinajstić information content (AvgIpc) is 2.53. The lowest BCUT2D eigenvalue weighted by molar-refractivity contribution is 0.474. The third kappa shape index (κ3) is 2.93. The summed E-state index contributed by atoms with van der Waals surface area (Å²) in [4.78, 5) is 0. The van der Waals surface area contributed by atoms with Crippen LogP contribution >= 0.6 is 0 Å². The van der Waals surface area contributed by atoms with Crippen LogP contribution in [0.4, 0.5) is 4.39 Å². The van der Waals surface area contributed by atoms with Crippen LogP contribution in [0, 0.1) is 28.5 Å². The number of hydrogen-bond donors (Lipinski definition) is 0.